The van der Waals surface area contributed by atoms with Crippen LogP contribution in [0.25, 0.3) is 6.08 Å². The lowest BCUT2D eigenvalue weighted by Crippen LogP contribution is -2.13. The Morgan fingerprint density at radius 3 is 2.60 bits per heavy atom. The fourth-order valence-electron chi connectivity index (χ4n) is 3.05. The molecule has 1 amide bonds. The van der Waals surface area contributed by atoms with Crippen LogP contribution in [0.4, 0.5) is 5.69 Å². The second kappa shape index (κ2) is 12.0. The first-order chi connectivity index (χ1) is 17.0. The highest BCUT2D eigenvalue weighted by molar-refractivity contribution is 6.09. The van der Waals surface area contributed by atoms with Gasteiger partial charge in [0.1, 0.15) is 29.8 Å². The van der Waals surface area contributed by atoms with Crippen LogP contribution in [0.1, 0.15) is 28.8 Å². The van der Waals surface area contributed by atoms with Gasteiger partial charge in [0, 0.05) is 11.8 Å². The monoisotopic (exact) mass is 476 g/mol. The van der Waals surface area contributed by atoms with E-state index in [9.17, 15) is 14.9 Å². The van der Waals surface area contributed by atoms with E-state index in [4.69, 9.17) is 18.6 Å². The summed E-state index contributed by atoms with van der Waals surface area (Å²) in [4.78, 5) is 24.1. The number of esters is 1. The zero-order chi connectivity index (χ0) is 25.2. The summed E-state index contributed by atoms with van der Waals surface area (Å²) in [7, 11) is 2.74. The van der Waals surface area contributed by atoms with Gasteiger partial charge in [-0.15, -0.1) is 0 Å². The molecule has 0 unspecified atom stereocenters. The minimum absolute atomic E-state index is 0.0508. The van der Waals surface area contributed by atoms with Crippen LogP contribution in [0, 0.1) is 11.3 Å². The van der Waals surface area contributed by atoms with Crippen LogP contribution in [-0.2, 0) is 16.1 Å². The van der Waals surface area contributed by atoms with Crippen LogP contribution in [0.5, 0.6) is 17.2 Å². The predicted octanol–water partition coefficient (Wildman–Crippen LogP) is 4.60. The largest absolute Gasteiger partial charge is 0.494 e. The fraction of sp³-hybridized carbons (Fsp3) is 0.192. The lowest BCUT2D eigenvalue weighted by atomic mass is 10.1. The third-order valence-electron chi connectivity index (χ3n) is 4.68. The number of carbonyl (C=O) groups is 2. The van der Waals surface area contributed by atoms with Crippen LogP contribution in [-0.4, -0.2) is 32.7 Å². The van der Waals surface area contributed by atoms with Gasteiger partial charge in [-0.3, -0.25) is 4.79 Å². The van der Waals surface area contributed by atoms with E-state index in [0.717, 1.165) is 0 Å². The molecule has 9 heteroatoms. The van der Waals surface area contributed by atoms with Gasteiger partial charge < -0.3 is 28.7 Å². The maximum absolute atomic E-state index is 12.6. The molecule has 0 bridgehead atoms. The number of methoxy groups -OCH3 is 2. The van der Waals surface area contributed by atoms with Crippen LogP contribution < -0.4 is 19.5 Å². The average molecular weight is 476 g/mol. The Bertz CT molecular complexity index is 1270. The van der Waals surface area contributed by atoms with E-state index in [1.165, 1.54) is 26.4 Å². The van der Waals surface area contributed by atoms with Crippen molar-refractivity contribution in [2.75, 3.05) is 26.1 Å². The number of ether oxygens (including phenoxy) is 4. The lowest BCUT2D eigenvalue weighted by molar-refractivity contribution is -0.112. The van der Waals surface area contributed by atoms with Gasteiger partial charge in [-0.2, -0.15) is 5.26 Å². The third kappa shape index (κ3) is 6.65. The van der Waals surface area contributed by atoms with E-state index >= 15 is 0 Å². The summed E-state index contributed by atoms with van der Waals surface area (Å²) in [6.07, 6.45) is 1.45. The summed E-state index contributed by atoms with van der Waals surface area (Å²) in [5.74, 6) is 0.781. The molecule has 3 aromatic rings. The van der Waals surface area contributed by atoms with Crippen LogP contribution in [0.15, 0.2) is 64.6 Å². The van der Waals surface area contributed by atoms with Crippen molar-refractivity contribution in [2.24, 2.45) is 0 Å². The van der Waals surface area contributed by atoms with Gasteiger partial charge in [-0.1, -0.05) is 12.1 Å². The molecule has 3 rings (SSSR count). The third-order valence-corrected chi connectivity index (χ3v) is 4.68. The van der Waals surface area contributed by atoms with Gasteiger partial charge in [-0.25, -0.2) is 4.79 Å². The van der Waals surface area contributed by atoms with Gasteiger partial charge in [-0.05, 0) is 55.0 Å². The molecule has 0 radical (unpaired) electrons. The topological polar surface area (TPSA) is 120 Å². The van der Waals surface area contributed by atoms with Crippen molar-refractivity contribution in [3.63, 3.8) is 0 Å². The number of hydrogen-bond donors (Lipinski definition) is 1. The maximum atomic E-state index is 12.6. The Labute approximate surface area is 202 Å². The van der Waals surface area contributed by atoms with E-state index in [2.05, 4.69) is 10.1 Å². The highest BCUT2D eigenvalue weighted by Gasteiger charge is 2.14. The van der Waals surface area contributed by atoms with E-state index < -0.39 is 11.9 Å². The van der Waals surface area contributed by atoms with Crippen LogP contribution in [0.3, 0.4) is 0 Å². The molecule has 0 saturated heterocycles. The molecule has 0 aliphatic rings. The molecule has 0 saturated carbocycles. The van der Waals surface area contributed by atoms with Crippen molar-refractivity contribution in [3.8, 4) is 23.3 Å². The van der Waals surface area contributed by atoms with Gasteiger partial charge in [0.25, 0.3) is 5.91 Å². The molecular weight excluding hydrogens is 452 g/mol. The second-order valence-electron chi connectivity index (χ2n) is 7.04. The van der Waals surface area contributed by atoms with Gasteiger partial charge in [0.15, 0.2) is 11.5 Å². The first kappa shape index (κ1) is 24.9. The summed E-state index contributed by atoms with van der Waals surface area (Å²) >= 11 is 0. The fourth-order valence-corrected chi connectivity index (χ4v) is 3.05. The van der Waals surface area contributed by atoms with Crippen LogP contribution in [0.2, 0.25) is 0 Å². The summed E-state index contributed by atoms with van der Waals surface area (Å²) in [5, 5.41) is 12.2. The highest BCUT2D eigenvalue weighted by atomic mass is 16.5. The Morgan fingerprint density at radius 1 is 1.06 bits per heavy atom. The minimum atomic E-state index is -0.579. The van der Waals surface area contributed by atoms with E-state index in [1.54, 1.807) is 48.5 Å². The Balaban J connectivity index is 1.71. The zero-order valence-electron chi connectivity index (χ0n) is 19.5. The summed E-state index contributed by atoms with van der Waals surface area (Å²) < 4.78 is 26.5. The molecule has 0 spiro atoms. The lowest BCUT2D eigenvalue weighted by Gasteiger charge is -2.11. The highest BCUT2D eigenvalue weighted by Crippen LogP contribution is 2.30. The Kier molecular flexibility index (Phi) is 8.51. The molecule has 2 aromatic carbocycles. The van der Waals surface area contributed by atoms with Crippen molar-refractivity contribution < 1.29 is 33.0 Å². The Morgan fingerprint density at radius 2 is 1.89 bits per heavy atom. The smallest absolute Gasteiger partial charge is 0.373 e. The molecule has 0 fully saturated rings. The van der Waals surface area contributed by atoms with Gasteiger partial charge >= 0.3 is 5.97 Å². The standard InChI is InChI=1S/C26H24N2O7/c1-4-33-20-7-5-6-19(14-20)28-25(29)18(15-27)12-17-8-10-22(24(13-17)31-2)34-16-21-9-11-23(35-21)26(30)32-3/h5-14H,4,16H2,1-3H3,(H,28,29)/b18-12+. The molecule has 1 heterocycles. The number of amides is 1. The molecule has 35 heavy (non-hydrogen) atoms. The zero-order valence-corrected chi connectivity index (χ0v) is 19.5. The number of anilines is 1. The number of nitriles is 1. The number of nitrogens with one attached hydrogen (secondary N) is 1. The van der Waals surface area contributed by atoms with E-state index in [1.807, 2.05) is 13.0 Å². The molecule has 180 valence electrons. The number of benzene rings is 2. The molecule has 0 aliphatic heterocycles. The summed E-state index contributed by atoms with van der Waals surface area (Å²) in [6, 6.07) is 16.9. The first-order valence-corrected chi connectivity index (χ1v) is 10.6. The van der Waals surface area contributed by atoms with Crippen molar-refractivity contribution >= 4 is 23.6 Å². The van der Waals surface area contributed by atoms with Crippen molar-refractivity contribution in [1.29, 1.82) is 5.26 Å². The van der Waals surface area contributed by atoms with Crippen molar-refractivity contribution in [3.05, 3.63) is 77.3 Å². The predicted molar refractivity (Wildman–Crippen MR) is 127 cm³/mol. The molecule has 9 nitrogen and oxygen atoms in total. The maximum Gasteiger partial charge on any atom is 0.373 e. The summed E-state index contributed by atoms with van der Waals surface area (Å²) in [6.45, 7) is 2.41. The quantitative estimate of drug-likeness (QED) is 0.256. The molecule has 0 atom stereocenters. The number of carbonyl (C=O) groups excluding carboxylic acids is 2. The van der Waals surface area contributed by atoms with E-state index in [-0.39, 0.29) is 17.9 Å². The van der Waals surface area contributed by atoms with Crippen LogP contribution >= 0.6 is 0 Å². The summed E-state index contributed by atoms with van der Waals surface area (Å²) in [5.41, 5.74) is 0.986. The van der Waals surface area contributed by atoms with Crippen molar-refractivity contribution in [1.82, 2.24) is 0 Å². The molecule has 1 aromatic heterocycles. The first-order valence-electron chi connectivity index (χ1n) is 10.6. The van der Waals surface area contributed by atoms with Gasteiger partial charge in [0.2, 0.25) is 5.76 Å². The normalized spacial score (nSPS) is 10.7. The average Bonchev–Trinajstić information content (AvgIpc) is 3.35. The second-order valence-corrected chi connectivity index (χ2v) is 7.04. The minimum Gasteiger partial charge on any atom is -0.494 e. The van der Waals surface area contributed by atoms with E-state index in [0.29, 0.717) is 40.9 Å². The number of rotatable bonds is 10. The SMILES string of the molecule is CCOc1cccc(NC(=O)/C(C#N)=C/c2ccc(OCc3ccc(C(=O)OC)o3)c(OC)c2)c1. The molecule has 1 N–H and O–H groups in total. The molecule has 0 aliphatic carbocycles. The van der Waals surface area contributed by atoms with Gasteiger partial charge in [0.05, 0.1) is 20.8 Å². The number of hydrogen-bond acceptors (Lipinski definition) is 8. The molecular formula is C26H24N2O7. The number of furan rings is 1. The van der Waals surface area contributed by atoms with Crippen molar-refractivity contribution in [2.45, 2.75) is 13.5 Å². The number of nitrogens with zero attached hydrogens (tertiary/aromatic N) is 1. The Hall–Kier alpha value is -4.71.